The van der Waals surface area contributed by atoms with Crippen LogP contribution in [0.3, 0.4) is 0 Å². The van der Waals surface area contributed by atoms with Crippen molar-refractivity contribution in [3.8, 4) is 0 Å². The van der Waals surface area contributed by atoms with Gasteiger partial charge < -0.3 is 0 Å². The molecule has 0 bridgehead atoms. The molecule has 0 aliphatic heterocycles. The molecule has 0 aromatic heterocycles. The summed E-state index contributed by atoms with van der Waals surface area (Å²) in [6.45, 7) is 2.40. The summed E-state index contributed by atoms with van der Waals surface area (Å²) in [4.78, 5) is 0. The molecule has 0 saturated carbocycles. The Hall–Kier alpha value is -1.27. The highest BCUT2D eigenvalue weighted by Crippen LogP contribution is 2.38. The maximum Gasteiger partial charge on any atom is 0.422 e. The van der Waals surface area contributed by atoms with Crippen LogP contribution in [0.5, 0.6) is 0 Å². The second kappa shape index (κ2) is 4.19. The maximum atomic E-state index is 13.2. The predicted molar refractivity (Wildman–Crippen MR) is 45.4 cm³/mol. The van der Waals surface area contributed by atoms with E-state index in [0.29, 0.717) is 0 Å². The first-order valence-corrected chi connectivity index (χ1v) is 4.52. The highest BCUT2D eigenvalue weighted by Gasteiger charge is 2.42. The smallest absolute Gasteiger partial charge is 0.203 e. The molecule has 0 saturated heterocycles. The van der Waals surface area contributed by atoms with Gasteiger partial charge >= 0.3 is 6.18 Å². The van der Waals surface area contributed by atoms with Crippen molar-refractivity contribution in [2.45, 2.75) is 25.9 Å². The SMILES string of the molecule is CC(C)c1c(F)c(F)c(C(F)(F)F)c(F)c1F. The molecule has 0 atom stereocenters. The average molecular weight is 260 g/mol. The van der Waals surface area contributed by atoms with Gasteiger partial charge in [-0.3, -0.25) is 0 Å². The first kappa shape index (κ1) is 13.8. The molecule has 0 aliphatic carbocycles. The Morgan fingerprint density at radius 2 is 1.12 bits per heavy atom. The summed E-state index contributed by atoms with van der Waals surface area (Å²) in [6.07, 6.45) is -5.49. The van der Waals surface area contributed by atoms with Gasteiger partial charge in [-0.25, -0.2) is 17.6 Å². The van der Waals surface area contributed by atoms with E-state index in [1.54, 1.807) is 0 Å². The Bertz CT molecular complexity index is 416. The van der Waals surface area contributed by atoms with Crippen LogP contribution in [0.25, 0.3) is 0 Å². The lowest BCUT2D eigenvalue weighted by molar-refractivity contribution is -0.143. The first-order valence-electron chi connectivity index (χ1n) is 4.52. The molecule has 7 heteroatoms. The summed E-state index contributed by atoms with van der Waals surface area (Å²) in [5, 5.41) is 0. The molecular weight excluding hydrogens is 253 g/mol. The molecule has 0 N–H and O–H groups in total. The lowest BCUT2D eigenvalue weighted by Gasteiger charge is -2.15. The van der Waals surface area contributed by atoms with E-state index < -0.39 is 46.5 Å². The van der Waals surface area contributed by atoms with Crippen molar-refractivity contribution in [1.82, 2.24) is 0 Å². The molecule has 1 rings (SSSR count). The second-order valence-corrected chi connectivity index (χ2v) is 3.70. The molecule has 0 unspecified atom stereocenters. The van der Waals surface area contributed by atoms with E-state index in [2.05, 4.69) is 0 Å². The highest BCUT2D eigenvalue weighted by molar-refractivity contribution is 5.33. The molecule has 1 aromatic rings. The Kier molecular flexibility index (Phi) is 3.40. The van der Waals surface area contributed by atoms with E-state index in [1.807, 2.05) is 0 Å². The molecule has 0 amide bonds. The monoisotopic (exact) mass is 260 g/mol. The van der Waals surface area contributed by atoms with Crippen LogP contribution in [0.4, 0.5) is 30.7 Å². The van der Waals surface area contributed by atoms with Crippen LogP contribution in [0.15, 0.2) is 0 Å². The van der Waals surface area contributed by atoms with Crippen LogP contribution in [0, 0.1) is 23.3 Å². The molecule has 17 heavy (non-hydrogen) atoms. The Morgan fingerprint density at radius 1 is 0.765 bits per heavy atom. The van der Waals surface area contributed by atoms with Crippen LogP contribution in [-0.4, -0.2) is 0 Å². The van der Waals surface area contributed by atoms with Crippen molar-refractivity contribution >= 4 is 0 Å². The highest BCUT2D eigenvalue weighted by atomic mass is 19.4. The van der Waals surface area contributed by atoms with E-state index >= 15 is 0 Å². The van der Waals surface area contributed by atoms with Crippen LogP contribution >= 0.6 is 0 Å². The summed E-state index contributed by atoms with van der Waals surface area (Å²) in [5.74, 6) is -9.83. The molecule has 0 fully saturated rings. The average Bonchev–Trinajstić information content (AvgIpc) is 2.12. The molecule has 1 aromatic carbocycles. The Balaban J connectivity index is 3.71. The van der Waals surface area contributed by atoms with Crippen LogP contribution in [-0.2, 0) is 6.18 Å². The summed E-state index contributed by atoms with van der Waals surface area (Å²) >= 11 is 0. The van der Waals surface area contributed by atoms with E-state index in [1.165, 1.54) is 13.8 Å². The van der Waals surface area contributed by atoms with Crippen molar-refractivity contribution in [3.63, 3.8) is 0 Å². The van der Waals surface area contributed by atoms with Crippen molar-refractivity contribution in [1.29, 1.82) is 0 Å². The Morgan fingerprint density at radius 3 is 1.35 bits per heavy atom. The standard InChI is InChI=1S/C10H7F7/c1-3(2)4-6(11)8(13)5(10(15,16)17)9(14)7(4)12/h3H,1-2H3. The second-order valence-electron chi connectivity index (χ2n) is 3.70. The third-order valence-corrected chi connectivity index (χ3v) is 2.16. The molecular formula is C10H7F7. The number of halogens is 7. The first-order chi connectivity index (χ1) is 7.59. The minimum absolute atomic E-state index is 0.985. The van der Waals surface area contributed by atoms with Crippen molar-refractivity contribution in [3.05, 3.63) is 34.4 Å². The van der Waals surface area contributed by atoms with Crippen LogP contribution in [0.2, 0.25) is 0 Å². The van der Waals surface area contributed by atoms with Gasteiger partial charge in [-0.2, -0.15) is 13.2 Å². The van der Waals surface area contributed by atoms with Crippen molar-refractivity contribution in [2.75, 3.05) is 0 Å². The lowest BCUT2D eigenvalue weighted by Crippen LogP contribution is -2.17. The van der Waals surface area contributed by atoms with Crippen molar-refractivity contribution in [2.24, 2.45) is 0 Å². The fraction of sp³-hybridized carbons (Fsp3) is 0.400. The number of hydrogen-bond acceptors (Lipinski definition) is 0. The van der Waals surface area contributed by atoms with Gasteiger partial charge in [-0.15, -0.1) is 0 Å². The zero-order chi connectivity index (χ0) is 13.5. The lowest BCUT2D eigenvalue weighted by atomic mass is 9.98. The van der Waals surface area contributed by atoms with E-state index in [9.17, 15) is 30.7 Å². The number of alkyl halides is 3. The third kappa shape index (κ3) is 2.23. The number of rotatable bonds is 1. The largest absolute Gasteiger partial charge is 0.422 e. The number of hydrogen-bond donors (Lipinski definition) is 0. The molecule has 0 nitrogen and oxygen atoms in total. The predicted octanol–water partition coefficient (Wildman–Crippen LogP) is 4.39. The summed E-state index contributed by atoms with van der Waals surface area (Å²) < 4.78 is 89.1. The molecule has 0 heterocycles. The normalized spacial score (nSPS) is 12.4. The maximum absolute atomic E-state index is 13.2. The quantitative estimate of drug-likeness (QED) is 0.519. The van der Waals surface area contributed by atoms with Gasteiger partial charge in [0.1, 0.15) is 5.56 Å². The van der Waals surface area contributed by atoms with E-state index in [4.69, 9.17) is 0 Å². The zero-order valence-electron chi connectivity index (χ0n) is 8.72. The minimum Gasteiger partial charge on any atom is -0.203 e. The van der Waals surface area contributed by atoms with E-state index in [0.717, 1.165) is 0 Å². The Labute approximate surface area is 92.0 Å². The number of benzene rings is 1. The summed E-state index contributed by atoms with van der Waals surface area (Å²) in [5.41, 5.74) is -3.58. The van der Waals surface area contributed by atoms with Gasteiger partial charge in [-0.1, -0.05) is 13.8 Å². The third-order valence-electron chi connectivity index (χ3n) is 2.16. The summed E-state index contributed by atoms with van der Waals surface area (Å²) in [7, 11) is 0. The molecule has 0 aliphatic rings. The van der Waals surface area contributed by atoms with E-state index in [-0.39, 0.29) is 0 Å². The topological polar surface area (TPSA) is 0 Å². The van der Waals surface area contributed by atoms with Crippen LogP contribution < -0.4 is 0 Å². The fourth-order valence-electron chi connectivity index (χ4n) is 1.40. The van der Waals surface area contributed by atoms with Gasteiger partial charge in [0.15, 0.2) is 23.3 Å². The summed E-state index contributed by atoms with van der Waals surface area (Å²) in [6, 6.07) is 0. The van der Waals surface area contributed by atoms with Gasteiger partial charge in [0.25, 0.3) is 0 Å². The van der Waals surface area contributed by atoms with Gasteiger partial charge in [0.05, 0.1) is 0 Å². The van der Waals surface area contributed by atoms with Crippen LogP contribution in [0.1, 0.15) is 30.9 Å². The molecule has 0 spiro atoms. The molecule has 96 valence electrons. The van der Waals surface area contributed by atoms with Gasteiger partial charge in [0.2, 0.25) is 0 Å². The zero-order valence-corrected chi connectivity index (χ0v) is 8.72. The van der Waals surface area contributed by atoms with Gasteiger partial charge in [0, 0.05) is 5.56 Å². The molecule has 0 radical (unpaired) electrons. The fourth-order valence-corrected chi connectivity index (χ4v) is 1.40. The van der Waals surface area contributed by atoms with Crippen molar-refractivity contribution < 1.29 is 30.7 Å². The van der Waals surface area contributed by atoms with Gasteiger partial charge in [-0.05, 0) is 5.92 Å². The minimum atomic E-state index is -5.49.